The van der Waals surface area contributed by atoms with Gasteiger partial charge in [0.1, 0.15) is 0 Å². The van der Waals surface area contributed by atoms with Crippen molar-refractivity contribution >= 4 is 11.9 Å². The van der Waals surface area contributed by atoms with E-state index in [4.69, 9.17) is 9.72 Å². The second kappa shape index (κ2) is 6.64. The summed E-state index contributed by atoms with van der Waals surface area (Å²) in [5, 5.41) is 14.2. The smallest absolute Gasteiger partial charge is 0.254 e. The van der Waals surface area contributed by atoms with Gasteiger partial charge in [-0.05, 0) is 62.7 Å². The zero-order chi connectivity index (χ0) is 19.6. The van der Waals surface area contributed by atoms with Gasteiger partial charge in [0.15, 0.2) is 0 Å². The molecule has 7 nitrogen and oxygen atoms in total. The second-order valence-electron chi connectivity index (χ2n) is 10.0. The molecule has 1 aromatic rings. The Balaban J connectivity index is 1.23. The van der Waals surface area contributed by atoms with Crippen LogP contribution in [0.4, 0.5) is 5.95 Å². The summed E-state index contributed by atoms with van der Waals surface area (Å²) < 4.78 is 5.43. The SMILES string of the molecule is O=C(NC1C2CC3CC1CC(O)(C3)C2)c1cnc(N2CCOCC2)nc1C1CC1. The molecule has 2 N–H and O–H groups in total. The lowest BCUT2D eigenvalue weighted by Gasteiger charge is -2.58. The van der Waals surface area contributed by atoms with Crippen molar-refractivity contribution in [3.8, 4) is 0 Å². The fraction of sp³-hybridized carbons (Fsp3) is 0.773. The van der Waals surface area contributed by atoms with Crippen molar-refractivity contribution in [2.24, 2.45) is 17.8 Å². The molecule has 0 spiro atoms. The lowest BCUT2D eigenvalue weighted by molar-refractivity contribution is -0.136. The number of aromatic nitrogens is 2. The molecular formula is C22H30N4O3. The first-order valence-corrected chi connectivity index (χ1v) is 11.3. The van der Waals surface area contributed by atoms with Gasteiger partial charge >= 0.3 is 0 Å². The minimum Gasteiger partial charge on any atom is -0.390 e. The van der Waals surface area contributed by atoms with Crippen LogP contribution in [0.5, 0.6) is 0 Å². The van der Waals surface area contributed by atoms with Crippen molar-refractivity contribution in [1.82, 2.24) is 15.3 Å². The number of amides is 1. The zero-order valence-electron chi connectivity index (χ0n) is 16.8. The Bertz CT molecular complexity index is 804. The molecule has 2 heterocycles. The summed E-state index contributed by atoms with van der Waals surface area (Å²) in [6.07, 6.45) is 8.87. The summed E-state index contributed by atoms with van der Waals surface area (Å²) in [4.78, 5) is 24.8. The Hall–Kier alpha value is -1.73. The quantitative estimate of drug-likeness (QED) is 0.805. The Morgan fingerprint density at radius 3 is 2.55 bits per heavy atom. The number of anilines is 1. The third kappa shape index (κ3) is 3.22. The molecule has 5 saturated carbocycles. The van der Waals surface area contributed by atoms with Crippen LogP contribution in [-0.4, -0.2) is 58.9 Å². The van der Waals surface area contributed by atoms with Gasteiger partial charge in [0.25, 0.3) is 5.91 Å². The van der Waals surface area contributed by atoms with E-state index in [2.05, 4.69) is 15.2 Å². The maximum absolute atomic E-state index is 13.3. The molecule has 0 radical (unpaired) electrons. The highest BCUT2D eigenvalue weighted by Gasteiger charge is 2.55. The summed E-state index contributed by atoms with van der Waals surface area (Å²) >= 11 is 0. The summed E-state index contributed by atoms with van der Waals surface area (Å²) in [5.74, 6) is 2.55. The predicted molar refractivity (Wildman–Crippen MR) is 107 cm³/mol. The highest BCUT2D eigenvalue weighted by Crippen LogP contribution is 2.55. The van der Waals surface area contributed by atoms with Crippen molar-refractivity contribution in [3.05, 3.63) is 17.5 Å². The molecule has 1 aromatic heterocycles. The van der Waals surface area contributed by atoms with Crippen LogP contribution >= 0.6 is 0 Å². The lowest BCUT2D eigenvalue weighted by Crippen LogP contribution is -2.61. The third-order valence-corrected chi connectivity index (χ3v) is 7.85. The molecule has 156 valence electrons. The second-order valence-corrected chi connectivity index (χ2v) is 10.0. The molecule has 4 bridgehead atoms. The van der Waals surface area contributed by atoms with E-state index < -0.39 is 5.60 Å². The number of morpholine rings is 1. The van der Waals surface area contributed by atoms with E-state index in [9.17, 15) is 9.90 Å². The van der Waals surface area contributed by atoms with Gasteiger partial charge in [-0.25, -0.2) is 9.97 Å². The number of hydrogen-bond acceptors (Lipinski definition) is 6. The summed E-state index contributed by atoms with van der Waals surface area (Å²) in [7, 11) is 0. The number of ether oxygens (including phenoxy) is 1. The normalized spacial score (nSPS) is 38.3. The topological polar surface area (TPSA) is 87.6 Å². The fourth-order valence-electron chi connectivity index (χ4n) is 6.59. The molecule has 2 atom stereocenters. The van der Waals surface area contributed by atoms with Crippen molar-refractivity contribution in [2.75, 3.05) is 31.2 Å². The third-order valence-electron chi connectivity index (χ3n) is 7.85. The number of aliphatic hydroxyl groups is 1. The number of nitrogens with one attached hydrogen (secondary N) is 1. The average Bonchev–Trinajstić information content (AvgIpc) is 3.55. The number of nitrogens with zero attached hydrogens (tertiary/aromatic N) is 3. The van der Waals surface area contributed by atoms with E-state index >= 15 is 0 Å². The Kier molecular flexibility index (Phi) is 4.14. The van der Waals surface area contributed by atoms with Crippen LogP contribution in [0, 0.1) is 17.8 Å². The monoisotopic (exact) mass is 398 g/mol. The van der Waals surface area contributed by atoms with Crippen molar-refractivity contribution in [3.63, 3.8) is 0 Å². The average molecular weight is 399 g/mol. The van der Waals surface area contributed by atoms with E-state index in [0.717, 1.165) is 69.7 Å². The van der Waals surface area contributed by atoms with E-state index in [-0.39, 0.29) is 11.9 Å². The Morgan fingerprint density at radius 2 is 1.90 bits per heavy atom. The molecule has 0 aromatic carbocycles. The van der Waals surface area contributed by atoms with Crippen LogP contribution in [0.2, 0.25) is 0 Å². The summed E-state index contributed by atoms with van der Waals surface area (Å²) in [6.45, 7) is 2.99. The van der Waals surface area contributed by atoms with E-state index in [1.165, 1.54) is 0 Å². The van der Waals surface area contributed by atoms with Crippen LogP contribution in [-0.2, 0) is 4.74 Å². The van der Waals surface area contributed by atoms with Crippen molar-refractivity contribution in [1.29, 1.82) is 0 Å². The van der Waals surface area contributed by atoms with E-state index in [1.54, 1.807) is 6.20 Å². The first kappa shape index (κ1) is 18.1. The molecule has 1 saturated heterocycles. The first-order chi connectivity index (χ1) is 14.1. The molecular weight excluding hydrogens is 368 g/mol. The number of rotatable bonds is 4. The summed E-state index contributed by atoms with van der Waals surface area (Å²) in [6, 6.07) is 0.185. The minimum absolute atomic E-state index is 0.0232. The van der Waals surface area contributed by atoms with Gasteiger partial charge < -0.3 is 20.1 Å². The highest BCUT2D eigenvalue weighted by molar-refractivity contribution is 5.95. The van der Waals surface area contributed by atoms with Gasteiger partial charge in [0.2, 0.25) is 5.95 Å². The van der Waals surface area contributed by atoms with Gasteiger partial charge in [0, 0.05) is 31.2 Å². The summed E-state index contributed by atoms with van der Waals surface area (Å²) in [5.41, 5.74) is 1.10. The van der Waals surface area contributed by atoms with Gasteiger partial charge in [0.05, 0.1) is 30.1 Å². The van der Waals surface area contributed by atoms with Crippen molar-refractivity contribution < 1.29 is 14.6 Å². The lowest BCUT2D eigenvalue weighted by atomic mass is 9.52. The maximum Gasteiger partial charge on any atom is 0.254 e. The molecule has 5 aliphatic carbocycles. The van der Waals surface area contributed by atoms with Crippen LogP contribution in [0.1, 0.15) is 66.9 Å². The first-order valence-electron chi connectivity index (χ1n) is 11.3. The van der Waals surface area contributed by atoms with Crippen LogP contribution < -0.4 is 10.2 Å². The largest absolute Gasteiger partial charge is 0.390 e. The van der Waals surface area contributed by atoms with Gasteiger partial charge in [-0.3, -0.25) is 4.79 Å². The van der Waals surface area contributed by atoms with Gasteiger partial charge in [-0.2, -0.15) is 0 Å². The standard InChI is InChI=1S/C22H30N4O3/c27-20(24-18-15-7-13-8-16(18)11-22(28,9-13)10-15)17-12-23-21(25-19(17)14-1-2-14)26-3-5-29-6-4-26/h12-16,18,28H,1-11H2,(H,24,27). The molecule has 2 unspecified atom stereocenters. The number of carbonyl (C=O) groups is 1. The van der Waals surface area contributed by atoms with Crippen molar-refractivity contribution in [2.45, 2.75) is 62.5 Å². The van der Waals surface area contributed by atoms with Crippen LogP contribution in [0.25, 0.3) is 0 Å². The van der Waals surface area contributed by atoms with Gasteiger partial charge in [-0.15, -0.1) is 0 Å². The highest BCUT2D eigenvalue weighted by atomic mass is 16.5. The fourth-order valence-corrected chi connectivity index (χ4v) is 6.59. The molecule has 1 aliphatic heterocycles. The number of hydrogen-bond donors (Lipinski definition) is 2. The van der Waals surface area contributed by atoms with Crippen LogP contribution in [0.3, 0.4) is 0 Å². The van der Waals surface area contributed by atoms with Crippen LogP contribution in [0.15, 0.2) is 6.20 Å². The molecule has 7 rings (SSSR count). The van der Waals surface area contributed by atoms with E-state index in [1.807, 2.05) is 0 Å². The zero-order valence-corrected chi connectivity index (χ0v) is 16.8. The molecule has 29 heavy (non-hydrogen) atoms. The molecule has 7 heteroatoms. The Morgan fingerprint density at radius 1 is 1.17 bits per heavy atom. The van der Waals surface area contributed by atoms with E-state index in [0.29, 0.717) is 42.4 Å². The Labute approximate surface area is 171 Å². The predicted octanol–water partition coefficient (Wildman–Crippen LogP) is 1.86. The molecule has 6 aliphatic rings. The maximum atomic E-state index is 13.3. The molecule has 1 amide bonds. The van der Waals surface area contributed by atoms with Gasteiger partial charge in [-0.1, -0.05) is 0 Å². The molecule has 6 fully saturated rings. The number of carbonyl (C=O) groups excluding carboxylic acids is 1. The minimum atomic E-state index is -0.472.